The molecule has 0 saturated heterocycles. The van der Waals surface area contributed by atoms with Gasteiger partial charge in [0.25, 0.3) is 0 Å². The largest absolute Gasteiger partial charge is 0.361 e. The second-order valence-electron chi connectivity index (χ2n) is 7.61. The molecule has 0 radical (unpaired) electrons. The number of aryl methyl sites for hydroxylation is 1. The second-order valence-corrected chi connectivity index (χ2v) is 7.61. The first kappa shape index (κ1) is 16.9. The summed E-state index contributed by atoms with van der Waals surface area (Å²) in [6, 6.07) is 10.6. The van der Waals surface area contributed by atoms with Crippen LogP contribution >= 0.6 is 0 Å². The van der Waals surface area contributed by atoms with Gasteiger partial charge in [0.05, 0.1) is 11.7 Å². The van der Waals surface area contributed by atoms with Crippen molar-refractivity contribution in [3.8, 4) is 0 Å². The van der Waals surface area contributed by atoms with Crippen molar-refractivity contribution in [1.29, 1.82) is 0 Å². The maximum Gasteiger partial charge on any atom is 0.223 e. The molecular formula is C21H25N3O2. The van der Waals surface area contributed by atoms with Gasteiger partial charge >= 0.3 is 0 Å². The summed E-state index contributed by atoms with van der Waals surface area (Å²) in [4.78, 5) is 15.5. The van der Waals surface area contributed by atoms with E-state index >= 15 is 0 Å². The van der Waals surface area contributed by atoms with Gasteiger partial charge in [-0.2, -0.15) is 0 Å². The zero-order valence-electron chi connectivity index (χ0n) is 15.5. The Kier molecular flexibility index (Phi) is 4.31. The number of carbonyl (C=O) groups is 1. The van der Waals surface area contributed by atoms with E-state index in [-0.39, 0.29) is 17.9 Å². The molecule has 3 aromatic rings. The van der Waals surface area contributed by atoms with Crippen molar-refractivity contribution >= 4 is 16.8 Å². The molecule has 1 aromatic carbocycles. The van der Waals surface area contributed by atoms with Crippen molar-refractivity contribution in [3.05, 3.63) is 53.0 Å². The van der Waals surface area contributed by atoms with Crippen LogP contribution in [0.25, 0.3) is 10.9 Å². The third kappa shape index (κ3) is 3.52. The number of aromatic nitrogens is 2. The lowest BCUT2D eigenvalue weighted by Crippen LogP contribution is -2.28. The van der Waals surface area contributed by atoms with E-state index in [0.717, 1.165) is 41.9 Å². The van der Waals surface area contributed by atoms with Gasteiger partial charge in [-0.25, -0.2) is 0 Å². The number of nitrogens with zero attached hydrogens (tertiary/aromatic N) is 1. The van der Waals surface area contributed by atoms with E-state index in [1.165, 1.54) is 10.9 Å². The normalized spacial score (nSPS) is 16.6. The molecule has 0 bridgehead atoms. The zero-order chi connectivity index (χ0) is 18.3. The van der Waals surface area contributed by atoms with Gasteiger partial charge in [0, 0.05) is 23.2 Å². The van der Waals surface area contributed by atoms with Crippen LogP contribution in [0.15, 0.2) is 34.9 Å². The average Bonchev–Trinajstić information content (AvgIpc) is 3.26. The first-order valence-electron chi connectivity index (χ1n) is 9.34. The van der Waals surface area contributed by atoms with Gasteiger partial charge in [0.1, 0.15) is 5.76 Å². The van der Waals surface area contributed by atoms with E-state index in [0.29, 0.717) is 5.92 Å². The highest BCUT2D eigenvalue weighted by molar-refractivity contribution is 5.83. The zero-order valence-corrected chi connectivity index (χ0v) is 15.5. The molecule has 2 aromatic heterocycles. The predicted molar refractivity (Wildman–Crippen MR) is 101 cm³/mol. The Morgan fingerprint density at radius 1 is 1.31 bits per heavy atom. The van der Waals surface area contributed by atoms with Crippen molar-refractivity contribution in [1.82, 2.24) is 15.5 Å². The summed E-state index contributed by atoms with van der Waals surface area (Å²) in [6.07, 6.45) is 2.90. The van der Waals surface area contributed by atoms with Crippen LogP contribution < -0.4 is 5.32 Å². The Morgan fingerprint density at radius 2 is 2.12 bits per heavy atom. The van der Waals surface area contributed by atoms with E-state index in [4.69, 9.17) is 4.52 Å². The minimum atomic E-state index is -0.00511. The van der Waals surface area contributed by atoms with Crippen LogP contribution in [0.5, 0.6) is 0 Å². The number of aromatic amines is 1. The Morgan fingerprint density at radius 3 is 2.81 bits per heavy atom. The Bertz CT molecular complexity index is 936. The molecule has 5 nitrogen and oxygen atoms in total. The lowest BCUT2D eigenvalue weighted by Gasteiger charge is -2.12. The Labute approximate surface area is 153 Å². The smallest absolute Gasteiger partial charge is 0.223 e. The molecular weight excluding hydrogens is 326 g/mol. The summed E-state index contributed by atoms with van der Waals surface area (Å²) in [5.74, 6) is 1.60. The molecule has 0 aliphatic heterocycles. The quantitative estimate of drug-likeness (QED) is 0.691. The van der Waals surface area contributed by atoms with Crippen LogP contribution in [-0.4, -0.2) is 16.0 Å². The molecule has 4 rings (SSSR count). The van der Waals surface area contributed by atoms with Crippen LogP contribution in [0.2, 0.25) is 0 Å². The maximum absolute atomic E-state index is 12.0. The summed E-state index contributed by atoms with van der Waals surface area (Å²) in [5.41, 5.74) is 4.40. The third-order valence-electron chi connectivity index (χ3n) is 5.20. The maximum atomic E-state index is 12.0. The van der Waals surface area contributed by atoms with E-state index in [1.807, 2.05) is 19.9 Å². The van der Waals surface area contributed by atoms with Gasteiger partial charge in [0.15, 0.2) is 0 Å². The van der Waals surface area contributed by atoms with Crippen LogP contribution in [0.4, 0.5) is 0 Å². The van der Waals surface area contributed by atoms with Crippen molar-refractivity contribution in [3.63, 3.8) is 0 Å². The molecule has 1 aliphatic carbocycles. The van der Waals surface area contributed by atoms with Crippen LogP contribution in [-0.2, 0) is 11.2 Å². The average molecular weight is 351 g/mol. The minimum absolute atomic E-state index is 0.00511. The number of nitrogens with one attached hydrogen (secondary N) is 2. The minimum Gasteiger partial charge on any atom is -0.361 e. The molecule has 0 spiro atoms. The van der Waals surface area contributed by atoms with Crippen LogP contribution in [0, 0.1) is 12.8 Å². The molecule has 136 valence electrons. The highest BCUT2D eigenvalue weighted by Gasteiger charge is 2.30. The molecule has 26 heavy (non-hydrogen) atoms. The highest BCUT2D eigenvalue weighted by atomic mass is 16.5. The van der Waals surface area contributed by atoms with E-state index in [2.05, 4.69) is 46.6 Å². The third-order valence-corrected chi connectivity index (χ3v) is 5.20. The van der Waals surface area contributed by atoms with Crippen LogP contribution in [0.3, 0.4) is 0 Å². The van der Waals surface area contributed by atoms with Crippen molar-refractivity contribution < 1.29 is 9.32 Å². The molecule has 2 atom stereocenters. The van der Waals surface area contributed by atoms with E-state index < -0.39 is 0 Å². The lowest BCUT2D eigenvalue weighted by molar-refractivity contribution is -0.122. The number of carbonyl (C=O) groups excluding carboxylic acids is 1. The van der Waals surface area contributed by atoms with Gasteiger partial charge in [-0.1, -0.05) is 24.2 Å². The van der Waals surface area contributed by atoms with Gasteiger partial charge < -0.3 is 14.8 Å². The standard InChI is InChI=1S/C21H25N3O2/c1-12(8-18-9-13(2)26-24-18)16-6-7-17-11-19(23-20(17)10-16)14(3)22-21(25)15-4-5-15/h6-7,9-12,14-15,23H,4-5,8H2,1-3H3,(H,22,25). The SMILES string of the molecule is Cc1cc(CC(C)c2ccc3cc(C(C)NC(=O)C4CC4)[nH]c3c2)no1. The molecule has 1 amide bonds. The molecule has 5 heteroatoms. The van der Waals surface area contributed by atoms with E-state index in [9.17, 15) is 4.79 Å². The lowest BCUT2D eigenvalue weighted by atomic mass is 9.95. The Balaban J connectivity index is 1.50. The van der Waals surface area contributed by atoms with Crippen LogP contribution in [0.1, 0.15) is 61.4 Å². The van der Waals surface area contributed by atoms with Crippen molar-refractivity contribution in [2.45, 2.75) is 52.0 Å². The fourth-order valence-electron chi connectivity index (χ4n) is 3.41. The number of rotatable bonds is 6. The van der Waals surface area contributed by atoms with Gasteiger partial charge in [0.2, 0.25) is 5.91 Å². The van der Waals surface area contributed by atoms with Gasteiger partial charge in [-0.3, -0.25) is 4.79 Å². The van der Waals surface area contributed by atoms with Crippen molar-refractivity contribution in [2.75, 3.05) is 0 Å². The molecule has 2 unspecified atom stereocenters. The fourth-order valence-corrected chi connectivity index (χ4v) is 3.41. The monoisotopic (exact) mass is 351 g/mol. The molecule has 1 fully saturated rings. The van der Waals surface area contributed by atoms with Crippen molar-refractivity contribution in [2.24, 2.45) is 5.92 Å². The number of amides is 1. The summed E-state index contributed by atoms with van der Waals surface area (Å²) in [6.45, 7) is 6.14. The molecule has 1 saturated carbocycles. The summed E-state index contributed by atoms with van der Waals surface area (Å²) in [5, 5.41) is 8.36. The first-order chi connectivity index (χ1) is 12.5. The molecule has 2 N–H and O–H groups in total. The summed E-state index contributed by atoms with van der Waals surface area (Å²) >= 11 is 0. The number of benzene rings is 1. The predicted octanol–water partition coefficient (Wildman–Crippen LogP) is 4.40. The highest BCUT2D eigenvalue weighted by Crippen LogP contribution is 2.30. The number of hydrogen-bond donors (Lipinski definition) is 2. The second kappa shape index (κ2) is 6.63. The first-order valence-corrected chi connectivity index (χ1v) is 9.34. The number of H-pyrrole nitrogens is 1. The topological polar surface area (TPSA) is 70.9 Å². The van der Waals surface area contributed by atoms with Gasteiger partial charge in [-0.05, 0) is 62.1 Å². The van der Waals surface area contributed by atoms with E-state index in [1.54, 1.807) is 0 Å². The number of hydrogen-bond acceptors (Lipinski definition) is 3. The van der Waals surface area contributed by atoms with Gasteiger partial charge in [-0.15, -0.1) is 0 Å². The summed E-state index contributed by atoms with van der Waals surface area (Å²) in [7, 11) is 0. The number of fused-ring (bicyclic) bond motifs is 1. The Hall–Kier alpha value is -2.56. The fraction of sp³-hybridized carbons (Fsp3) is 0.429. The molecule has 2 heterocycles. The molecule has 1 aliphatic rings. The summed E-state index contributed by atoms with van der Waals surface area (Å²) < 4.78 is 5.16.